The molecule has 0 bridgehead atoms. The quantitative estimate of drug-likeness (QED) is 0.808. The molecule has 1 aromatic rings. The van der Waals surface area contributed by atoms with Gasteiger partial charge in [0, 0.05) is 31.7 Å². The summed E-state index contributed by atoms with van der Waals surface area (Å²) in [4.78, 5) is 43.5. The standard InChI is InChI=1S/C21H28N4O3/c1-16-7-5-6-10-21(16)19(27)25(20(28)22-21)15-23-11-13-24(14-12-23)18(26)17-8-3-2-4-9-17/h2-4,8-9,16H,5-7,10-15H2,1H3,(H,22,28)/t16-,21+/m0/s1. The molecule has 4 amide bonds. The topological polar surface area (TPSA) is 73.0 Å². The third kappa shape index (κ3) is 3.28. The number of amides is 4. The maximum atomic E-state index is 13.1. The smallest absolute Gasteiger partial charge is 0.326 e. The Balaban J connectivity index is 1.35. The number of imide groups is 1. The van der Waals surface area contributed by atoms with Crippen molar-refractivity contribution in [1.29, 1.82) is 0 Å². The highest BCUT2D eigenvalue weighted by molar-refractivity contribution is 6.07. The number of benzene rings is 1. The van der Waals surface area contributed by atoms with Gasteiger partial charge in [0.1, 0.15) is 5.54 Å². The summed E-state index contributed by atoms with van der Waals surface area (Å²) in [5.41, 5.74) is -0.0151. The molecule has 1 aliphatic carbocycles. The molecule has 7 nitrogen and oxygen atoms in total. The van der Waals surface area contributed by atoms with Crippen molar-refractivity contribution in [3.8, 4) is 0 Å². The second kappa shape index (κ2) is 7.54. The molecule has 0 unspecified atom stereocenters. The van der Waals surface area contributed by atoms with E-state index in [1.807, 2.05) is 35.2 Å². The zero-order chi connectivity index (χ0) is 19.7. The number of hydrogen-bond acceptors (Lipinski definition) is 4. The van der Waals surface area contributed by atoms with E-state index < -0.39 is 5.54 Å². The van der Waals surface area contributed by atoms with Gasteiger partial charge >= 0.3 is 6.03 Å². The van der Waals surface area contributed by atoms with Gasteiger partial charge in [0.15, 0.2) is 0 Å². The predicted octanol–water partition coefficient (Wildman–Crippen LogP) is 1.90. The molecule has 3 aliphatic rings. The van der Waals surface area contributed by atoms with E-state index in [4.69, 9.17) is 0 Å². The third-order valence-corrected chi connectivity index (χ3v) is 6.52. The van der Waals surface area contributed by atoms with Gasteiger partial charge in [0.2, 0.25) is 0 Å². The summed E-state index contributed by atoms with van der Waals surface area (Å²) in [6, 6.07) is 9.00. The minimum absolute atomic E-state index is 0.0326. The largest absolute Gasteiger partial charge is 0.336 e. The Bertz CT molecular complexity index is 760. The number of urea groups is 1. The van der Waals surface area contributed by atoms with Crippen LogP contribution in [0, 0.1) is 5.92 Å². The van der Waals surface area contributed by atoms with E-state index in [1.54, 1.807) is 0 Å². The van der Waals surface area contributed by atoms with Gasteiger partial charge in [-0.3, -0.25) is 14.5 Å². The number of piperazine rings is 1. The molecule has 2 saturated heterocycles. The van der Waals surface area contributed by atoms with E-state index in [-0.39, 0.29) is 23.8 Å². The van der Waals surface area contributed by atoms with Crippen LogP contribution in [0.2, 0.25) is 0 Å². The summed E-state index contributed by atoms with van der Waals surface area (Å²) in [6.45, 7) is 4.86. The molecule has 28 heavy (non-hydrogen) atoms. The van der Waals surface area contributed by atoms with Gasteiger partial charge in [-0.15, -0.1) is 0 Å². The number of rotatable bonds is 3. The molecule has 1 aromatic carbocycles. The van der Waals surface area contributed by atoms with Gasteiger partial charge in [-0.2, -0.15) is 0 Å². The Hall–Kier alpha value is -2.41. The molecular weight excluding hydrogens is 356 g/mol. The summed E-state index contributed by atoms with van der Waals surface area (Å²) in [5.74, 6) is 0.126. The molecule has 0 radical (unpaired) electrons. The van der Waals surface area contributed by atoms with Crippen LogP contribution in [0.5, 0.6) is 0 Å². The normalized spacial score (nSPS) is 28.7. The SMILES string of the molecule is C[C@H]1CCCC[C@@]12NC(=O)N(CN1CCN(C(=O)c3ccccc3)CC1)C2=O. The molecule has 2 atom stereocenters. The molecule has 1 saturated carbocycles. The number of carbonyl (C=O) groups is 3. The Morgan fingerprint density at radius 1 is 1.11 bits per heavy atom. The van der Waals surface area contributed by atoms with Gasteiger partial charge < -0.3 is 10.2 Å². The van der Waals surface area contributed by atoms with Crippen molar-refractivity contribution in [2.24, 2.45) is 5.92 Å². The second-order valence-corrected chi connectivity index (χ2v) is 8.20. The van der Waals surface area contributed by atoms with Crippen LogP contribution in [0.1, 0.15) is 43.0 Å². The number of nitrogens with zero attached hydrogens (tertiary/aromatic N) is 3. The van der Waals surface area contributed by atoms with Crippen molar-refractivity contribution in [3.63, 3.8) is 0 Å². The van der Waals surface area contributed by atoms with Crippen molar-refractivity contribution in [1.82, 2.24) is 20.0 Å². The molecule has 2 aliphatic heterocycles. The van der Waals surface area contributed by atoms with E-state index in [0.29, 0.717) is 38.4 Å². The molecule has 1 spiro atoms. The van der Waals surface area contributed by atoms with Crippen molar-refractivity contribution in [3.05, 3.63) is 35.9 Å². The van der Waals surface area contributed by atoms with Crippen LogP contribution in [0.25, 0.3) is 0 Å². The average Bonchev–Trinajstić information content (AvgIpc) is 2.96. The van der Waals surface area contributed by atoms with Crippen molar-refractivity contribution in [2.45, 2.75) is 38.1 Å². The average molecular weight is 384 g/mol. The molecule has 2 heterocycles. The summed E-state index contributed by atoms with van der Waals surface area (Å²) in [7, 11) is 0. The summed E-state index contributed by atoms with van der Waals surface area (Å²) in [5, 5.41) is 3.00. The van der Waals surface area contributed by atoms with Gasteiger partial charge in [-0.25, -0.2) is 9.69 Å². The molecule has 150 valence electrons. The zero-order valence-electron chi connectivity index (χ0n) is 16.4. The van der Waals surface area contributed by atoms with Crippen LogP contribution in [-0.2, 0) is 4.79 Å². The lowest BCUT2D eigenvalue weighted by molar-refractivity contribution is -0.135. The van der Waals surface area contributed by atoms with Crippen LogP contribution in [0.15, 0.2) is 30.3 Å². The summed E-state index contributed by atoms with van der Waals surface area (Å²) < 4.78 is 0. The fourth-order valence-corrected chi connectivity index (χ4v) is 4.68. The number of carbonyl (C=O) groups excluding carboxylic acids is 3. The zero-order valence-corrected chi connectivity index (χ0v) is 16.4. The first-order valence-corrected chi connectivity index (χ1v) is 10.2. The lowest BCUT2D eigenvalue weighted by atomic mass is 9.73. The summed E-state index contributed by atoms with van der Waals surface area (Å²) >= 11 is 0. The van der Waals surface area contributed by atoms with E-state index in [9.17, 15) is 14.4 Å². The highest BCUT2D eigenvalue weighted by Gasteiger charge is 2.55. The predicted molar refractivity (Wildman–Crippen MR) is 105 cm³/mol. The van der Waals surface area contributed by atoms with E-state index >= 15 is 0 Å². The highest BCUT2D eigenvalue weighted by atomic mass is 16.2. The van der Waals surface area contributed by atoms with Crippen LogP contribution >= 0.6 is 0 Å². The van der Waals surface area contributed by atoms with Gasteiger partial charge in [0.05, 0.1) is 6.67 Å². The molecule has 1 N–H and O–H groups in total. The van der Waals surface area contributed by atoms with Crippen molar-refractivity contribution >= 4 is 17.8 Å². The molecule has 3 fully saturated rings. The minimum Gasteiger partial charge on any atom is -0.336 e. The lowest BCUT2D eigenvalue weighted by Crippen LogP contribution is -2.55. The van der Waals surface area contributed by atoms with E-state index in [0.717, 1.165) is 25.7 Å². The Labute approximate surface area is 165 Å². The van der Waals surface area contributed by atoms with Crippen LogP contribution in [0.3, 0.4) is 0 Å². The fraction of sp³-hybridized carbons (Fsp3) is 0.571. The van der Waals surface area contributed by atoms with Gasteiger partial charge in [0.25, 0.3) is 11.8 Å². The van der Waals surface area contributed by atoms with Crippen molar-refractivity contribution < 1.29 is 14.4 Å². The van der Waals surface area contributed by atoms with Crippen LogP contribution in [-0.4, -0.2) is 70.9 Å². The van der Waals surface area contributed by atoms with Crippen LogP contribution in [0.4, 0.5) is 4.79 Å². The van der Waals surface area contributed by atoms with Crippen LogP contribution < -0.4 is 5.32 Å². The Kier molecular flexibility index (Phi) is 5.10. The molecular formula is C21H28N4O3. The maximum Gasteiger partial charge on any atom is 0.326 e. The van der Waals surface area contributed by atoms with Gasteiger partial charge in [-0.1, -0.05) is 38.0 Å². The van der Waals surface area contributed by atoms with E-state index in [1.165, 1.54) is 4.90 Å². The first kappa shape index (κ1) is 18.9. The molecule has 0 aromatic heterocycles. The molecule has 4 rings (SSSR count). The Morgan fingerprint density at radius 3 is 2.50 bits per heavy atom. The Morgan fingerprint density at radius 2 is 1.82 bits per heavy atom. The fourth-order valence-electron chi connectivity index (χ4n) is 4.68. The number of hydrogen-bond donors (Lipinski definition) is 1. The monoisotopic (exact) mass is 384 g/mol. The number of nitrogens with one attached hydrogen (secondary N) is 1. The summed E-state index contributed by atoms with van der Waals surface area (Å²) in [6.07, 6.45) is 3.79. The molecule has 7 heteroatoms. The third-order valence-electron chi connectivity index (χ3n) is 6.52. The van der Waals surface area contributed by atoms with Gasteiger partial charge in [-0.05, 0) is 30.9 Å². The lowest BCUT2D eigenvalue weighted by Gasteiger charge is -2.38. The van der Waals surface area contributed by atoms with Crippen molar-refractivity contribution in [2.75, 3.05) is 32.8 Å². The highest BCUT2D eigenvalue weighted by Crippen LogP contribution is 2.38. The second-order valence-electron chi connectivity index (χ2n) is 8.20. The van der Waals surface area contributed by atoms with E-state index in [2.05, 4.69) is 17.1 Å². The first-order chi connectivity index (χ1) is 13.5. The minimum atomic E-state index is -0.708. The maximum absolute atomic E-state index is 13.1. The first-order valence-electron chi connectivity index (χ1n) is 10.2.